The second kappa shape index (κ2) is 9.32. The van der Waals surface area contributed by atoms with Crippen molar-refractivity contribution in [2.24, 2.45) is 5.41 Å². The molecule has 0 aliphatic carbocycles. The number of carbonyl (C=O) groups is 4. The van der Waals surface area contributed by atoms with Gasteiger partial charge in [0.2, 0.25) is 5.91 Å². The summed E-state index contributed by atoms with van der Waals surface area (Å²) in [6.07, 6.45) is 3.10. The molecule has 0 aliphatic heterocycles. The lowest BCUT2D eigenvalue weighted by atomic mass is 9.77. The third-order valence-corrected chi connectivity index (χ3v) is 5.33. The van der Waals surface area contributed by atoms with Crippen LogP contribution in [0.1, 0.15) is 54.1 Å². The van der Waals surface area contributed by atoms with Gasteiger partial charge in [-0.2, -0.15) is 0 Å². The summed E-state index contributed by atoms with van der Waals surface area (Å²) in [6.45, 7) is 3.77. The third kappa shape index (κ3) is 4.99. The van der Waals surface area contributed by atoms with Gasteiger partial charge >= 0.3 is 5.97 Å². The molecule has 2 N–H and O–H groups in total. The van der Waals surface area contributed by atoms with E-state index in [1.807, 2.05) is 19.9 Å². The number of carboxylic acid groups (broad SMARTS) is 1. The molecule has 132 valence electrons. The van der Waals surface area contributed by atoms with Crippen molar-refractivity contribution in [3.63, 3.8) is 0 Å². The van der Waals surface area contributed by atoms with Gasteiger partial charge in [0.1, 0.15) is 12.3 Å². The van der Waals surface area contributed by atoms with Gasteiger partial charge in [0.15, 0.2) is 6.29 Å². The average Bonchev–Trinajstić information content (AvgIpc) is 3.03. The zero-order valence-corrected chi connectivity index (χ0v) is 14.7. The van der Waals surface area contributed by atoms with Crippen LogP contribution >= 0.6 is 11.3 Å². The number of carboxylic acids is 1. The number of aliphatic carboxylic acids is 1. The normalized spacial score (nSPS) is 12.4. The summed E-state index contributed by atoms with van der Waals surface area (Å²) in [6, 6.07) is 2.46. The highest BCUT2D eigenvalue weighted by Crippen LogP contribution is 2.34. The highest BCUT2D eigenvalue weighted by atomic mass is 32.1. The molecule has 1 rings (SSSR count). The third-order valence-electron chi connectivity index (χ3n) is 4.32. The first-order chi connectivity index (χ1) is 11.4. The van der Waals surface area contributed by atoms with Gasteiger partial charge in [0, 0.05) is 11.3 Å². The van der Waals surface area contributed by atoms with Gasteiger partial charge in [-0.1, -0.05) is 13.8 Å². The molecule has 6 nitrogen and oxygen atoms in total. The fraction of sp³-hybridized carbons (Fsp3) is 0.529. The zero-order valence-electron chi connectivity index (χ0n) is 13.9. The Morgan fingerprint density at radius 2 is 1.96 bits per heavy atom. The van der Waals surface area contributed by atoms with E-state index in [9.17, 15) is 24.3 Å². The minimum Gasteiger partial charge on any atom is -0.480 e. The molecule has 0 aromatic carbocycles. The summed E-state index contributed by atoms with van der Waals surface area (Å²) in [4.78, 5) is 46.8. The number of hydrogen-bond donors (Lipinski definition) is 2. The summed E-state index contributed by atoms with van der Waals surface area (Å²) in [5.41, 5.74) is -0.736. The molecule has 0 aliphatic rings. The first-order valence-corrected chi connectivity index (χ1v) is 8.75. The van der Waals surface area contributed by atoms with Crippen molar-refractivity contribution in [2.45, 2.75) is 52.0 Å². The lowest BCUT2D eigenvalue weighted by Gasteiger charge is -2.31. The molecule has 1 aromatic heterocycles. The van der Waals surface area contributed by atoms with Crippen molar-refractivity contribution in [3.05, 3.63) is 21.9 Å². The van der Waals surface area contributed by atoms with Crippen LogP contribution in [0.25, 0.3) is 0 Å². The molecule has 24 heavy (non-hydrogen) atoms. The molecular weight excluding hydrogens is 330 g/mol. The van der Waals surface area contributed by atoms with Crippen LogP contribution in [0.2, 0.25) is 0 Å². The van der Waals surface area contributed by atoms with Gasteiger partial charge in [0.25, 0.3) is 0 Å². The van der Waals surface area contributed by atoms with E-state index in [2.05, 4.69) is 5.32 Å². The van der Waals surface area contributed by atoms with E-state index < -0.39 is 17.4 Å². The van der Waals surface area contributed by atoms with Crippen LogP contribution in [0.5, 0.6) is 0 Å². The number of thiophene rings is 1. The predicted octanol–water partition coefficient (Wildman–Crippen LogP) is 2.46. The zero-order chi connectivity index (χ0) is 18.2. The monoisotopic (exact) mass is 353 g/mol. The molecule has 0 saturated heterocycles. The lowest BCUT2D eigenvalue weighted by molar-refractivity contribution is -0.144. The molecule has 1 unspecified atom stereocenters. The van der Waals surface area contributed by atoms with Crippen LogP contribution in [0.4, 0.5) is 0 Å². The van der Waals surface area contributed by atoms with Gasteiger partial charge in [-0.25, -0.2) is 4.79 Å². The van der Waals surface area contributed by atoms with Gasteiger partial charge in [-0.3, -0.25) is 9.59 Å². The molecule has 0 bridgehead atoms. The minimum atomic E-state index is -1.15. The fourth-order valence-electron chi connectivity index (χ4n) is 2.59. The molecule has 0 radical (unpaired) electrons. The Balaban J connectivity index is 2.94. The topological polar surface area (TPSA) is 101 Å². The van der Waals surface area contributed by atoms with Crippen molar-refractivity contribution < 1.29 is 24.3 Å². The maximum atomic E-state index is 12.8. The Bertz CT molecular complexity index is 592. The summed E-state index contributed by atoms with van der Waals surface area (Å²) in [5, 5.41) is 11.8. The van der Waals surface area contributed by atoms with Crippen LogP contribution in [0.3, 0.4) is 0 Å². The van der Waals surface area contributed by atoms with Crippen LogP contribution < -0.4 is 5.32 Å². The van der Waals surface area contributed by atoms with Crippen LogP contribution in [-0.2, 0) is 20.8 Å². The Kier molecular flexibility index (Phi) is 7.78. The molecular formula is C17H23NO5S. The molecule has 0 spiro atoms. The number of nitrogens with one attached hydrogen (secondary N) is 1. The van der Waals surface area contributed by atoms with Gasteiger partial charge in [-0.05, 0) is 37.8 Å². The van der Waals surface area contributed by atoms with E-state index in [0.717, 1.165) is 11.2 Å². The highest BCUT2D eigenvalue weighted by Gasteiger charge is 2.37. The second-order valence-corrected chi connectivity index (χ2v) is 6.89. The van der Waals surface area contributed by atoms with Crippen molar-refractivity contribution in [1.82, 2.24) is 5.32 Å². The van der Waals surface area contributed by atoms with E-state index >= 15 is 0 Å². The maximum Gasteiger partial charge on any atom is 0.326 e. The van der Waals surface area contributed by atoms with Crippen molar-refractivity contribution in [3.8, 4) is 0 Å². The van der Waals surface area contributed by atoms with Crippen molar-refractivity contribution >= 4 is 35.8 Å². The van der Waals surface area contributed by atoms with E-state index in [1.165, 1.54) is 11.3 Å². The van der Waals surface area contributed by atoms with Crippen molar-refractivity contribution in [2.75, 3.05) is 0 Å². The number of rotatable bonds is 11. The average molecular weight is 353 g/mol. The van der Waals surface area contributed by atoms with E-state index in [1.54, 1.807) is 6.07 Å². The van der Waals surface area contributed by atoms with Crippen LogP contribution in [0, 0.1) is 5.41 Å². The maximum absolute atomic E-state index is 12.8. The number of hydrogen-bond acceptors (Lipinski definition) is 5. The summed E-state index contributed by atoms with van der Waals surface area (Å²) < 4.78 is 0. The van der Waals surface area contributed by atoms with Crippen LogP contribution in [-0.4, -0.2) is 35.6 Å². The lowest BCUT2D eigenvalue weighted by Crippen LogP contribution is -2.49. The summed E-state index contributed by atoms with van der Waals surface area (Å²) in [5.74, 6) is -1.47. The minimum absolute atomic E-state index is 0.0718. The molecule has 1 aromatic rings. The first-order valence-electron chi connectivity index (χ1n) is 7.93. The van der Waals surface area contributed by atoms with Gasteiger partial charge in [-0.15, -0.1) is 11.3 Å². The van der Waals surface area contributed by atoms with E-state index in [-0.39, 0.29) is 18.7 Å². The highest BCUT2D eigenvalue weighted by molar-refractivity contribution is 7.13. The molecule has 0 fully saturated rings. The number of aldehydes is 2. The summed E-state index contributed by atoms with van der Waals surface area (Å²) in [7, 11) is 0. The SMILES string of the molecule is CCC(CC)(Cc1ccc(C=O)s1)C(=O)NC(CCC=O)C(=O)O. The largest absolute Gasteiger partial charge is 0.480 e. The van der Waals surface area contributed by atoms with Crippen molar-refractivity contribution in [1.29, 1.82) is 0 Å². The second-order valence-electron chi connectivity index (χ2n) is 5.69. The van der Waals surface area contributed by atoms with E-state index in [0.29, 0.717) is 30.4 Å². The molecule has 1 amide bonds. The summed E-state index contributed by atoms with van der Waals surface area (Å²) >= 11 is 1.34. The predicted molar refractivity (Wildman–Crippen MR) is 91.3 cm³/mol. The number of carbonyl (C=O) groups excluding carboxylic acids is 3. The quantitative estimate of drug-likeness (QED) is 0.595. The van der Waals surface area contributed by atoms with Gasteiger partial charge in [0.05, 0.1) is 10.3 Å². The Hall–Kier alpha value is -2.02. The molecule has 1 atom stereocenters. The van der Waals surface area contributed by atoms with Gasteiger partial charge < -0.3 is 15.2 Å². The van der Waals surface area contributed by atoms with E-state index in [4.69, 9.17) is 0 Å². The number of amides is 1. The van der Waals surface area contributed by atoms with Crippen LogP contribution in [0.15, 0.2) is 12.1 Å². The Labute approximate surface area is 145 Å². The molecule has 7 heteroatoms. The standard InChI is InChI=1S/C17H23NO5S/c1-3-17(4-2,10-12-7-8-13(11-20)24-12)16(23)18-14(15(21)22)6-5-9-19/h7-9,11,14H,3-6,10H2,1-2H3,(H,18,23)(H,21,22). The Morgan fingerprint density at radius 3 is 2.42 bits per heavy atom. The first kappa shape index (κ1) is 20.0. The smallest absolute Gasteiger partial charge is 0.326 e. The Morgan fingerprint density at radius 1 is 1.29 bits per heavy atom. The molecule has 0 saturated carbocycles. The fourth-order valence-corrected chi connectivity index (χ4v) is 3.56. The molecule has 1 heterocycles.